The van der Waals surface area contributed by atoms with Crippen LogP contribution in [0.2, 0.25) is 0 Å². The van der Waals surface area contributed by atoms with Crippen LogP contribution in [0.25, 0.3) is 21.8 Å². The van der Waals surface area contributed by atoms with Crippen LogP contribution >= 0.6 is 23.1 Å². The van der Waals surface area contributed by atoms with Gasteiger partial charge in [0, 0.05) is 22.8 Å². The fourth-order valence-electron chi connectivity index (χ4n) is 2.06. The quantitative estimate of drug-likeness (QED) is 0.671. The molecule has 0 bridgehead atoms. The van der Waals surface area contributed by atoms with E-state index in [1.54, 1.807) is 41.7 Å². The standard InChI is InChI=1S/C16H12N4S2/c1-2-21-16-12(9-17)11(15-4-3-7-22-15)8-13(20-16)14-10-18-5-6-19-14/h3-8,10H,2H2,1H3. The predicted molar refractivity (Wildman–Crippen MR) is 89.7 cm³/mol. The summed E-state index contributed by atoms with van der Waals surface area (Å²) in [5, 5.41) is 12.3. The minimum absolute atomic E-state index is 0.627. The molecule has 0 radical (unpaired) electrons. The van der Waals surface area contributed by atoms with Crippen LogP contribution in [0.5, 0.6) is 0 Å². The van der Waals surface area contributed by atoms with Crippen molar-refractivity contribution in [2.45, 2.75) is 11.9 Å². The molecular weight excluding hydrogens is 312 g/mol. The highest BCUT2D eigenvalue weighted by atomic mass is 32.2. The molecule has 3 aromatic rings. The summed E-state index contributed by atoms with van der Waals surface area (Å²) in [5.41, 5.74) is 2.99. The van der Waals surface area contributed by atoms with Gasteiger partial charge in [-0.2, -0.15) is 5.26 Å². The zero-order valence-electron chi connectivity index (χ0n) is 11.9. The first-order chi connectivity index (χ1) is 10.8. The van der Waals surface area contributed by atoms with E-state index in [1.165, 1.54) is 0 Å². The molecule has 0 aromatic carbocycles. The van der Waals surface area contributed by atoms with Gasteiger partial charge in [-0.05, 0) is 23.3 Å². The van der Waals surface area contributed by atoms with Gasteiger partial charge in [0.25, 0.3) is 0 Å². The van der Waals surface area contributed by atoms with Gasteiger partial charge in [-0.3, -0.25) is 9.97 Å². The van der Waals surface area contributed by atoms with E-state index in [9.17, 15) is 5.26 Å². The molecule has 3 rings (SSSR count). The largest absolute Gasteiger partial charge is 0.261 e. The van der Waals surface area contributed by atoms with E-state index < -0.39 is 0 Å². The Balaban J connectivity index is 2.24. The van der Waals surface area contributed by atoms with Crippen molar-refractivity contribution in [2.24, 2.45) is 0 Å². The van der Waals surface area contributed by atoms with Gasteiger partial charge < -0.3 is 0 Å². The van der Waals surface area contributed by atoms with E-state index in [1.807, 2.05) is 30.5 Å². The highest BCUT2D eigenvalue weighted by Crippen LogP contribution is 2.35. The number of nitriles is 1. The Labute approximate surface area is 136 Å². The van der Waals surface area contributed by atoms with Crippen LogP contribution in [0.15, 0.2) is 47.2 Å². The lowest BCUT2D eigenvalue weighted by atomic mass is 10.1. The summed E-state index contributed by atoms with van der Waals surface area (Å²) in [7, 11) is 0. The fourth-order valence-corrected chi connectivity index (χ4v) is 3.54. The number of hydrogen-bond donors (Lipinski definition) is 0. The van der Waals surface area contributed by atoms with Crippen molar-refractivity contribution in [3.63, 3.8) is 0 Å². The van der Waals surface area contributed by atoms with E-state index in [-0.39, 0.29) is 0 Å². The molecule has 0 fully saturated rings. The second kappa shape index (κ2) is 6.69. The smallest absolute Gasteiger partial charge is 0.115 e. The molecule has 22 heavy (non-hydrogen) atoms. The molecule has 4 nitrogen and oxygen atoms in total. The Hall–Kier alpha value is -2.23. The lowest BCUT2D eigenvalue weighted by molar-refractivity contribution is 1.09. The molecule has 0 N–H and O–H groups in total. The van der Waals surface area contributed by atoms with Gasteiger partial charge in [-0.1, -0.05) is 13.0 Å². The van der Waals surface area contributed by atoms with Crippen LogP contribution in [0.3, 0.4) is 0 Å². The molecule has 0 amide bonds. The van der Waals surface area contributed by atoms with E-state index in [0.717, 1.165) is 26.9 Å². The summed E-state index contributed by atoms with van der Waals surface area (Å²) in [5.74, 6) is 0.857. The van der Waals surface area contributed by atoms with Crippen LogP contribution in [0, 0.1) is 11.3 Å². The Morgan fingerprint density at radius 2 is 2.23 bits per heavy atom. The third-order valence-electron chi connectivity index (χ3n) is 2.99. The van der Waals surface area contributed by atoms with Crippen LogP contribution < -0.4 is 0 Å². The number of hydrogen-bond acceptors (Lipinski definition) is 6. The maximum Gasteiger partial charge on any atom is 0.115 e. The number of pyridine rings is 1. The lowest BCUT2D eigenvalue weighted by Gasteiger charge is -2.10. The zero-order chi connectivity index (χ0) is 15.4. The predicted octanol–water partition coefficient (Wildman–Crippen LogP) is 4.25. The summed E-state index contributed by atoms with van der Waals surface area (Å²) in [6, 6.07) is 8.23. The normalized spacial score (nSPS) is 10.4. The highest BCUT2D eigenvalue weighted by molar-refractivity contribution is 7.99. The Bertz CT molecular complexity index is 808. The fraction of sp³-hybridized carbons (Fsp3) is 0.125. The van der Waals surface area contributed by atoms with Gasteiger partial charge in [-0.25, -0.2) is 4.98 Å². The van der Waals surface area contributed by atoms with Crippen molar-refractivity contribution in [1.82, 2.24) is 15.0 Å². The molecule has 0 aliphatic carbocycles. The average Bonchev–Trinajstić information content (AvgIpc) is 3.09. The van der Waals surface area contributed by atoms with Crippen molar-refractivity contribution in [1.29, 1.82) is 5.26 Å². The number of rotatable bonds is 4. The minimum Gasteiger partial charge on any atom is -0.261 e. The second-order valence-electron chi connectivity index (χ2n) is 4.35. The monoisotopic (exact) mass is 324 g/mol. The third kappa shape index (κ3) is 2.86. The Morgan fingerprint density at radius 1 is 1.32 bits per heavy atom. The topological polar surface area (TPSA) is 62.5 Å². The van der Waals surface area contributed by atoms with Crippen molar-refractivity contribution in [2.75, 3.05) is 5.75 Å². The van der Waals surface area contributed by atoms with Gasteiger partial charge in [-0.15, -0.1) is 23.1 Å². The molecule has 0 atom stereocenters. The number of aromatic nitrogens is 3. The molecule has 108 valence electrons. The molecule has 0 aliphatic rings. The van der Waals surface area contributed by atoms with Gasteiger partial charge >= 0.3 is 0 Å². The van der Waals surface area contributed by atoms with Gasteiger partial charge in [0.15, 0.2) is 0 Å². The summed E-state index contributed by atoms with van der Waals surface area (Å²) >= 11 is 3.18. The first-order valence-corrected chi connectivity index (χ1v) is 8.58. The first-order valence-electron chi connectivity index (χ1n) is 6.71. The van der Waals surface area contributed by atoms with Crippen LogP contribution in [-0.4, -0.2) is 20.7 Å². The zero-order valence-corrected chi connectivity index (χ0v) is 13.5. The molecule has 0 unspecified atom stereocenters. The van der Waals surface area contributed by atoms with E-state index >= 15 is 0 Å². The number of nitrogens with zero attached hydrogens (tertiary/aromatic N) is 4. The van der Waals surface area contributed by atoms with Crippen molar-refractivity contribution in [3.8, 4) is 27.9 Å². The Morgan fingerprint density at radius 3 is 2.86 bits per heavy atom. The van der Waals surface area contributed by atoms with E-state index in [2.05, 4.69) is 21.0 Å². The SMILES string of the molecule is CCSc1nc(-c2cnccn2)cc(-c2cccs2)c1C#N. The van der Waals surface area contributed by atoms with E-state index in [0.29, 0.717) is 11.3 Å². The van der Waals surface area contributed by atoms with E-state index in [4.69, 9.17) is 0 Å². The van der Waals surface area contributed by atoms with Crippen molar-refractivity contribution in [3.05, 3.63) is 47.7 Å². The summed E-state index contributed by atoms with van der Waals surface area (Å²) in [6.07, 6.45) is 4.97. The molecule has 0 aliphatic heterocycles. The highest BCUT2D eigenvalue weighted by Gasteiger charge is 2.16. The summed E-state index contributed by atoms with van der Waals surface area (Å²) < 4.78 is 0. The summed E-state index contributed by atoms with van der Waals surface area (Å²) in [4.78, 5) is 14.1. The van der Waals surface area contributed by atoms with Crippen LogP contribution in [0.4, 0.5) is 0 Å². The maximum atomic E-state index is 9.56. The number of thiophene rings is 1. The van der Waals surface area contributed by atoms with Crippen LogP contribution in [0.1, 0.15) is 12.5 Å². The molecule has 6 heteroatoms. The first kappa shape index (κ1) is 14.7. The van der Waals surface area contributed by atoms with Crippen LogP contribution in [-0.2, 0) is 0 Å². The van der Waals surface area contributed by atoms with Gasteiger partial charge in [0.2, 0.25) is 0 Å². The molecular formula is C16H12N4S2. The average molecular weight is 324 g/mol. The molecule has 0 saturated heterocycles. The molecule has 3 aromatic heterocycles. The third-order valence-corrected chi connectivity index (χ3v) is 4.75. The van der Waals surface area contributed by atoms with Gasteiger partial charge in [0.1, 0.15) is 16.8 Å². The molecule has 0 spiro atoms. The molecule has 3 heterocycles. The second-order valence-corrected chi connectivity index (χ2v) is 6.55. The minimum atomic E-state index is 0.627. The van der Waals surface area contributed by atoms with Gasteiger partial charge in [0.05, 0.1) is 17.5 Å². The molecule has 0 saturated carbocycles. The number of thioether (sulfide) groups is 1. The summed E-state index contributed by atoms with van der Waals surface area (Å²) in [6.45, 7) is 2.05. The Kier molecular flexibility index (Phi) is 4.47. The maximum absolute atomic E-state index is 9.56. The van der Waals surface area contributed by atoms with Crippen molar-refractivity contribution >= 4 is 23.1 Å². The van der Waals surface area contributed by atoms with Crippen molar-refractivity contribution < 1.29 is 0 Å². The lowest BCUT2D eigenvalue weighted by Crippen LogP contribution is -1.96.